The minimum Gasteiger partial charge on any atom is -0.492 e. The molecule has 2 aromatic heterocycles. The van der Waals surface area contributed by atoms with Crippen LogP contribution in [-0.4, -0.2) is 65.0 Å². The molecule has 140 valence electrons. The SMILES string of the molecule is Cc1ccc2cc1-c1cnn3ccc(nc13)NCCN1CCOC[C@H]1CO2. The third-order valence-electron chi connectivity index (χ3n) is 5.37. The van der Waals surface area contributed by atoms with Gasteiger partial charge in [0.25, 0.3) is 0 Å². The van der Waals surface area contributed by atoms with Gasteiger partial charge in [-0.25, -0.2) is 9.50 Å². The Morgan fingerprint density at radius 1 is 1.15 bits per heavy atom. The summed E-state index contributed by atoms with van der Waals surface area (Å²) in [5, 5.41) is 7.92. The average molecular weight is 365 g/mol. The van der Waals surface area contributed by atoms with Crippen molar-refractivity contribution in [1.82, 2.24) is 19.5 Å². The second-order valence-electron chi connectivity index (χ2n) is 7.12. The number of morpholine rings is 1. The summed E-state index contributed by atoms with van der Waals surface area (Å²) in [4.78, 5) is 7.24. The number of aryl methyl sites for hydroxylation is 1. The van der Waals surface area contributed by atoms with E-state index in [0.29, 0.717) is 13.2 Å². The van der Waals surface area contributed by atoms with Gasteiger partial charge in [-0.3, -0.25) is 4.90 Å². The number of fused-ring (bicyclic) bond motifs is 5. The monoisotopic (exact) mass is 365 g/mol. The van der Waals surface area contributed by atoms with E-state index in [-0.39, 0.29) is 6.04 Å². The molecule has 4 bridgehead atoms. The zero-order valence-electron chi connectivity index (χ0n) is 15.4. The molecule has 4 heterocycles. The Morgan fingerprint density at radius 3 is 3.07 bits per heavy atom. The van der Waals surface area contributed by atoms with Gasteiger partial charge in [0.05, 0.1) is 25.5 Å². The molecule has 2 aliphatic rings. The lowest BCUT2D eigenvalue weighted by Crippen LogP contribution is -2.50. The van der Waals surface area contributed by atoms with Gasteiger partial charge in [0.1, 0.15) is 18.2 Å². The van der Waals surface area contributed by atoms with E-state index < -0.39 is 0 Å². The normalized spacial score (nSPS) is 20.6. The average Bonchev–Trinajstić information content (AvgIpc) is 3.11. The van der Waals surface area contributed by atoms with Crippen molar-refractivity contribution in [3.8, 4) is 16.9 Å². The number of nitrogens with zero attached hydrogens (tertiary/aromatic N) is 4. The van der Waals surface area contributed by atoms with Crippen molar-refractivity contribution in [3.05, 3.63) is 42.2 Å². The number of rotatable bonds is 0. The maximum atomic E-state index is 6.15. The summed E-state index contributed by atoms with van der Waals surface area (Å²) in [5.41, 5.74) is 4.14. The lowest BCUT2D eigenvalue weighted by atomic mass is 10.0. The number of nitrogens with one attached hydrogen (secondary N) is 1. The van der Waals surface area contributed by atoms with Crippen LogP contribution in [0.5, 0.6) is 5.75 Å². The van der Waals surface area contributed by atoms with E-state index >= 15 is 0 Å². The number of aromatic nitrogens is 3. The summed E-state index contributed by atoms with van der Waals surface area (Å²) in [6.07, 6.45) is 3.83. The standard InChI is InChI=1S/C20H23N5O2/c1-14-2-3-16-10-17(14)18-11-22-25-6-4-19(23-20(18)25)21-5-7-24-8-9-26-12-15(24)13-27-16/h2-4,6,10-11,15H,5,7-9,12-13H2,1H3,(H,21,23)/t15-/m0/s1. The Labute approximate surface area is 157 Å². The molecule has 0 radical (unpaired) electrons. The summed E-state index contributed by atoms with van der Waals surface area (Å²) in [5.74, 6) is 1.74. The van der Waals surface area contributed by atoms with Gasteiger partial charge in [-0.15, -0.1) is 0 Å². The summed E-state index contributed by atoms with van der Waals surface area (Å²) in [6.45, 7) is 6.88. The molecule has 7 nitrogen and oxygen atoms in total. The van der Waals surface area contributed by atoms with Gasteiger partial charge in [-0.05, 0) is 36.2 Å². The van der Waals surface area contributed by atoms with Crippen LogP contribution >= 0.6 is 0 Å². The number of anilines is 1. The molecule has 0 unspecified atom stereocenters. The van der Waals surface area contributed by atoms with Crippen LogP contribution in [0.1, 0.15) is 5.56 Å². The Bertz CT molecular complexity index is 970. The maximum Gasteiger partial charge on any atom is 0.165 e. The summed E-state index contributed by atoms with van der Waals surface area (Å²) in [6, 6.07) is 8.45. The Morgan fingerprint density at radius 2 is 2.11 bits per heavy atom. The first-order valence-corrected chi connectivity index (χ1v) is 9.42. The third-order valence-corrected chi connectivity index (χ3v) is 5.37. The molecule has 27 heavy (non-hydrogen) atoms. The minimum atomic E-state index is 0.260. The first-order valence-electron chi connectivity index (χ1n) is 9.42. The lowest BCUT2D eigenvalue weighted by molar-refractivity contribution is -0.0214. The van der Waals surface area contributed by atoms with Crippen LogP contribution in [0.25, 0.3) is 16.8 Å². The van der Waals surface area contributed by atoms with E-state index in [9.17, 15) is 0 Å². The molecule has 1 N–H and O–H groups in total. The van der Waals surface area contributed by atoms with Crippen LogP contribution in [0.2, 0.25) is 0 Å². The molecule has 3 aromatic rings. The van der Waals surface area contributed by atoms with Crippen LogP contribution in [-0.2, 0) is 4.74 Å². The number of benzene rings is 1. The molecule has 1 aromatic carbocycles. The zero-order valence-corrected chi connectivity index (χ0v) is 15.4. The maximum absolute atomic E-state index is 6.15. The van der Waals surface area contributed by atoms with E-state index in [0.717, 1.165) is 54.6 Å². The van der Waals surface area contributed by atoms with E-state index in [1.807, 2.05) is 29.0 Å². The van der Waals surface area contributed by atoms with Gasteiger partial charge in [0, 0.05) is 31.4 Å². The van der Waals surface area contributed by atoms with Crippen molar-refractivity contribution in [3.63, 3.8) is 0 Å². The lowest BCUT2D eigenvalue weighted by Gasteiger charge is -2.35. The fourth-order valence-corrected chi connectivity index (χ4v) is 3.80. The summed E-state index contributed by atoms with van der Waals surface area (Å²) in [7, 11) is 0. The van der Waals surface area contributed by atoms with Crippen molar-refractivity contribution >= 4 is 11.5 Å². The second-order valence-corrected chi connectivity index (χ2v) is 7.12. The van der Waals surface area contributed by atoms with Crippen LogP contribution in [0.4, 0.5) is 5.82 Å². The Hall–Kier alpha value is -2.64. The van der Waals surface area contributed by atoms with E-state index in [4.69, 9.17) is 14.5 Å². The van der Waals surface area contributed by atoms with Crippen LogP contribution in [0.15, 0.2) is 36.7 Å². The predicted molar refractivity (Wildman–Crippen MR) is 103 cm³/mol. The number of ether oxygens (including phenoxy) is 2. The molecule has 7 heteroatoms. The fraction of sp³-hybridized carbons (Fsp3) is 0.400. The molecule has 1 atom stereocenters. The van der Waals surface area contributed by atoms with Crippen LogP contribution < -0.4 is 10.1 Å². The fourth-order valence-electron chi connectivity index (χ4n) is 3.80. The van der Waals surface area contributed by atoms with Crippen molar-refractivity contribution in [1.29, 1.82) is 0 Å². The van der Waals surface area contributed by atoms with Crippen molar-refractivity contribution in [2.75, 3.05) is 44.8 Å². The molecule has 0 saturated carbocycles. The largest absolute Gasteiger partial charge is 0.492 e. The summed E-state index contributed by atoms with van der Waals surface area (Å²) < 4.78 is 13.7. The molecular formula is C20H23N5O2. The van der Waals surface area contributed by atoms with Gasteiger partial charge in [0.15, 0.2) is 5.65 Å². The quantitative estimate of drug-likeness (QED) is 0.659. The molecule has 1 saturated heterocycles. The van der Waals surface area contributed by atoms with Crippen LogP contribution in [0.3, 0.4) is 0 Å². The smallest absolute Gasteiger partial charge is 0.165 e. The highest BCUT2D eigenvalue weighted by atomic mass is 16.5. The van der Waals surface area contributed by atoms with Crippen molar-refractivity contribution < 1.29 is 9.47 Å². The second kappa shape index (κ2) is 6.83. The van der Waals surface area contributed by atoms with Crippen molar-refractivity contribution in [2.24, 2.45) is 0 Å². The highest BCUT2D eigenvalue weighted by molar-refractivity contribution is 5.80. The van der Waals surface area contributed by atoms with Gasteiger partial charge in [-0.1, -0.05) is 6.07 Å². The van der Waals surface area contributed by atoms with E-state index in [1.165, 1.54) is 5.56 Å². The first-order chi connectivity index (χ1) is 13.3. The highest BCUT2D eigenvalue weighted by Crippen LogP contribution is 2.31. The topological polar surface area (TPSA) is 63.9 Å². The highest BCUT2D eigenvalue weighted by Gasteiger charge is 2.24. The third kappa shape index (κ3) is 3.13. The predicted octanol–water partition coefficient (Wildman–Crippen LogP) is 2.21. The molecule has 1 fully saturated rings. The number of hydrogen-bond acceptors (Lipinski definition) is 6. The molecule has 5 rings (SSSR count). The molecule has 0 aliphatic carbocycles. The van der Waals surface area contributed by atoms with Crippen LogP contribution in [0, 0.1) is 6.92 Å². The molecule has 0 amide bonds. The zero-order chi connectivity index (χ0) is 18.2. The molecule has 2 aliphatic heterocycles. The Balaban J connectivity index is 1.59. The van der Waals surface area contributed by atoms with E-state index in [1.54, 1.807) is 0 Å². The summed E-state index contributed by atoms with van der Waals surface area (Å²) >= 11 is 0. The van der Waals surface area contributed by atoms with Gasteiger partial charge >= 0.3 is 0 Å². The first kappa shape index (κ1) is 16.5. The van der Waals surface area contributed by atoms with E-state index in [2.05, 4.69) is 34.4 Å². The molecular weight excluding hydrogens is 342 g/mol. The Kier molecular flexibility index (Phi) is 4.18. The van der Waals surface area contributed by atoms with Gasteiger partial charge in [0.2, 0.25) is 0 Å². The minimum absolute atomic E-state index is 0.260. The molecule has 0 spiro atoms. The van der Waals surface area contributed by atoms with Gasteiger partial charge in [-0.2, -0.15) is 5.10 Å². The van der Waals surface area contributed by atoms with Crippen molar-refractivity contribution in [2.45, 2.75) is 13.0 Å². The number of hydrogen-bond donors (Lipinski definition) is 1. The van der Waals surface area contributed by atoms with Gasteiger partial charge < -0.3 is 14.8 Å².